The Balaban J connectivity index is 1.36. The van der Waals surface area contributed by atoms with Crippen LogP contribution in [0.1, 0.15) is 30.0 Å². The number of amides is 4. The van der Waals surface area contributed by atoms with Crippen LogP contribution in [0.3, 0.4) is 0 Å². The number of urea groups is 1. The predicted molar refractivity (Wildman–Crippen MR) is 135 cm³/mol. The molecule has 4 amide bonds. The third-order valence-electron chi connectivity index (χ3n) is 6.90. The first-order valence-corrected chi connectivity index (χ1v) is 12.1. The molecule has 2 aliphatic rings. The predicted octanol–water partition coefficient (Wildman–Crippen LogP) is 3.10. The van der Waals surface area contributed by atoms with Gasteiger partial charge in [-0.2, -0.15) is 5.10 Å². The lowest BCUT2D eigenvalue weighted by Crippen LogP contribution is -2.72. The Morgan fingerprint density at radius 2 is 1.68 bits per heavy atom. The average molecular weight is 518 g/mol. The van der Waals surface area contributed by atoms with Gasteiger partial charge in [-0.05, 0) is 43.2 Å². The number of benzene rings is 2. The molecular formula is C28H25F2N5O3. The van der Waals surface area contributed by atoms with Crippen molar-refractivity contribution >= 4 is 23.5 Å². The van der Waals surface area contributed by atoms with Crippen molar-refractivity contribution in [2.75, 3.05) is 24.5 Å². The molecule has 5 rings (SSSR count). The van der Waals surface area contributed by atoms with Gasteiger partial charge in [-0.3, -0.25) is 14.3 Å². The van der Waals surface area contributed by atoms with Gasteiger partial charge >= 0.3 is 6.03 Å². The number of aryl methyl sites for hydroxylation is 1. The van der Waals surface area contributed by atoms with E-state index in [1.165, 1.54) is 11.8 Å². The van der Waals surface area contributed by atoms with Gasteiger partial charge in [0, 0.05) is 44.0 Å². The van der Waals surface area contributed by atoms with E-state index in [9.17, 15) is 14.4 Å². The highest BCUT2D eigenvalue weighted by atomic mass is 19.1. The molecule has 0 spiro atoms. The third kappa shape index (κ3) is 4.52. The number of halogens is 2. The maximum Gasteiger partial charge on any atom is 0.332 e. The van der Waals surface area contributed by atoms with Crippen LogP contribution in [0.25, 0.3) is 0 Å². The zero-order valence-corrected chi connectivity index (χ0v) is 20.9. The molecule has 2 aliphatic heterocycles. The van der Waals surface area contributed by atoms with Crippen molar-refractivity contribution < 1.29 is 23.2 Å². The highest BCUT2D eigenvalue weighted by Gasteiger charge is 2.55. The van der Waals surface area contributed by atoms with Gasteiger partial charge in [0.1, 0.15) is 11.2 Å². The van der Waals surface area contributed by atoms with E-state index in [2.05, 4.69) is 16.9 Å². The van der Waals surface area contributed by atoms with E-state index in [1.807, 2.05) is 12.3 Å². The van der Waals surface area contributed by atoms with E-state index in [0.29, 0.717) is 23.4 Å². The van der Waals surface area contributed by atoms with Gasteiger partial charge in [0.25, 0.3) is 0 Å². The lowest BCUT2D eigenvalue weighted by atomic mass is 9.88. The molecule has 2 fully saturated rings. The molecule has 38 heavy (non-hydrogen) atoms. The number of rotatable bonds is 4. The zero-order valence-electron chi connectivity index (χ0n) is 20.9. The SMILES string of the molecule is Cn1cc(CCN2CCN3C(=O)N(c4c(F)cc(C#Cc5ccccc5)cc4F)C(=O)C[C@@]3(C)C2=O)cn1. The summed E-state index contributed by atoms with van der Waals surface area (Å²) in [5.74, 6) is 2.12. The number of carbonyl (C=O) groups excluding carboxylic acids is 3. The second kappa shape index (κ2) is 9.74. The van der Waals surface area contributed by atoms with E-state index >= 15 is 8.78 Å². The number of hydrogen-bond acceptors (Lipinski definition) is 4. The maximum atomic E-state index is 15.1. The van der Waals surface area contributed by atoms with Crippen LogP contribution in [0, 0.1) is 23.5 Å². The summed E-state index contributed by atoms with van der Waals surface area (Å²) in [6.07, 6.45) is 3.75. The Bertz CT molecular complexity index is 1470. The maximum absolute atomic E-state index is 15.1. The molecule has 194 valence electrons. The summed E-state index contributed by atoms with van der Waals surface area (Å²) in [4.78, 5) is 43.3. The molecule has 2 saturated heterocycles. The first-order chi connectivity index (χ1) is 18.2. The lowest BCUT2D eigenvalue weighted by Gasteiger charge is -2.51. The largest absolute Gasteiger partial charge is 0.339 e. The minimum atomic E-state index is -1.44. The standard InChI is InChI=1S/C28H25F2N5O3/c1-28-16-24(36)35(25-22(29)14-20(15-23(25)30)9-8-19-6-4-3-5-7-19)27(38)34(28)13-12-33(26(28)37)11-10-21-17-31-32(2)18-21/h3-7,14-15,17-18H,10-13,16H2,1-2H3/t28-/m0/s1. The molecule has 3 aromatic rings. The second-order valence-electron chi connectivity index (χ2n) is 9.58. The van der Waals surface area contributed by atoms with Crippen molar-refractivity contribution in [2.45, 2.75) is 25.3 Å². The van der Waals surface area contributed by atoms with Crippen LogP contribution in [-0.2, 0) is 23.1 Å². The second-order valence-corrected chi connectivity index (χ2v) is 9.58. The summed E-state index contributed by atoms with van der Waals surface area (Å²) in [5, 5.41) is 4.12. The molecule has 0 radical (unpaired) electrons. The summed E-state index contributed by atoms with van der Waals surface area (Å²) in [6, 6.07) is 9.99. The molecule has 0 aliphatic carbocycles. The minimum Gasteiger partial charge on any atom is -0.339 e. The normalized spacial score (nSPS) is 19.4. The molecule has 1 atom stereocenters. The first kappa shape index (κ1) is 25.1. The van der Waals surface area contributed by atoms with Gasteiger partial charge in [0.05, 0.1) is 12.6 Å². The molecule has 1 aromatic heterocycles. The van der Waals surface area contributed by atoms with E-state index in [1.54, 1.807) is 47.1 Å². The van der Waals surface area contributed by atoms with Crippen LogP contribution < -0.4 is 4.90 Å². The Labute approximate surface area is 218 Å². The fraction of sp³-hybridized carbons (Fsp3) is 0.286. The van der Waals surface area contributed by atoms with Crippen molar-refractivity contribution in [1.29, 1.82) is 0 Å². The van der Waals surface area contributed by atoms with Crippen LogP contribution in [0.2, 0.25) is 0 Å². The molecule has 3 heterocycles. The first-order valence-electron chi connectivity index (χ1n) is 12.1. The van der Waals surface area contributed by atoms with Crippen LogP contribution in [0.15, 0.2) is 54.9 Å². The van der Waals surface area contributed by atoms with Gasteiger partial charge in [-0.1, -0.05) is 30.0 Å². The summed E-state index contributed by atoms with van der Waals surface area (Å²) in [7, 11) is 1.80. The molecule has 0 N–H and O–H groups in total. The highest BCUT2D eigenvalue weighted by molar-refractivity contribution is 6.19. The quantitative estimate of drug-likeness (QED) is 0.499. The van der Waals surface area contributed by atoms with Gasteiger partial charge in [0.2, 0.25) is 11.8 Å². The van der Waals surface area contributed by atoms with Gasteiger partial charge < -0.3 is 9.80 Å². The van der Waals surface area contributed by atoms with E-state index in [0.717, 1.165) is 17.7 Å². The van der Waals surface area contributed by atoms with Gasteiger partial charge in [-0.25, -0.2) is 18.5 Å². The zero-order chi connectivity index (χ0) is 27.0. The Morgan fingerprint density at radius 1 is 1.00 bits per heavy atom. The van der Waals surface area contributed by atoms with E-state index in [4.69, 9.17) is 0 Å². The fourth-order valence-corrected chi connectivity index (χ4v) is 4.92. The smallest absolute Gasteiger partial charge is 0.332 e. The summed E-state index contributed by atoms with van der Waals surface area (Å²) in [5.41, 5.74) is -0.517. The molecule has 0 bridgehead atoms. The Kier molecular flexibility index (Phi) is 6.45. The monoisotopic (exact) mass is 517 g/mol. The van der Waals surface area contributed by atoms with Gasteiger partial charge in [0.15, 0.2) is 11.6 Å². The van der Waals surface area contributed by atoms with Crippen molar-refractivity contribution in [3.8, 4) is 11.8 Å². The van der Waals surface area contributed by atoms with Crippen LogP contribution >= 0.6 is 0 Å². The number of carbonyl (C=O) groups is 3. The van der Waals surface area contributed by atoms with Crippen molar-refractivity contribution in [1.82, 2.24) is 19.6 Å². The molecule has 0 unspecified atom stereocenters. The minimum absolute atomic E-state index is 0.0618. The number of fused-ring (bicyclic) bond motifs is 1. The summed E-state index contributed by atoms with van der Waals surface area (Å²) < 4.78 is 31.9. The summed E-state index contributed by atoms with van der Waals surface area (Å²) >= 11 is 0. The van der Waals surface area contributed by atoms with Crippen molar-refractivity contribution in [3.63, 3.8) is 0 Å². The number of piperazine rings is 1. The number of imide groups is 1. The van der Waals surface area contributed by atoms with Crippen LogP contribution in [0.4, 0.5) is 19.3 Å². The Morgan fingerprint density at radius 3 is 2.34 bits per heavy atom. The van der Waals surface area contributed by atoms with E-state index in [-0.39, 0.29) is 24.6 Å². The highest BCUT2D eigenvalue weighted by Crippen LogP contribution is 2.37. The number of aromatic nitrogens is 2. The Hall–Kier alpha value is -4.52. The number of nitrogens with zero attached hydrogens (tertiary/aromatic N) is 5. The lowest BCUT2D eigenvalue weighted by molar-refractivity contribution is -0.151. The molecular weight excluding hydrogens is 492 g/mol. The van der Waals surface area contributed by atoms with Crippen LogP contribution in [-0.4, -0.2) is 62.6 Å². The topological polar surface area (TPSA) is 78.8 Å². The number of anilines is 1. The molecule has 8 nitrogen and oxygen atoms in total. The molecule has 10 heteroatoms. The van der Waals surface area contributed by atoms with Crippen molar-refractivity contribution in [3.05, 3.63) is 83.2 Å². The number of hydrogen-bond donors (Lipinski definition) is 0. The fourth-order valence-electron chi connectivity index (χ4n) is 4.92. The third-order valence-corrected chi connectivity index (χ3v) is 6.90. The van der Waals surface area contributed by atoms with Crippen molar-refractivity contribution in [2.24, 2.45) is 7.05 Å². The molecule has 0 saturated carbocycles. The van der Waals surface area contributed by atoms with E-state index < -0.39 is 41.2 Å². The molecule has 2 aromatic carbocycles. The average Bonchev–Trinajstić information content (AvgIpc) is 3.30. The van der Waals surface area contributed by atoms with Crippen LogP contribution in [0.5, 0.6) is 0 Å². The van der Waals surface area contributed by atoms with Gasteiger partial charge in [-0.15, -0.1) is 0 Å². The summed E-state index contributed by atoms with van der Waals surface area (Å²) in [6.45, 7) is 2.28.